The lowest BCUT2D eigenvalue weighted by atomic mass is 9.86. The van der Waals surface area contributed by atoms with Crippen LogP contribution in [0.25, 0.3) is 17.1 Å². The van der Waals surface area contributed by atoms with Gasteiger partial charge in [0.1, 0.15) is 0 Å². The second-order valence-electron chi connectivity index (χ2n) is 7.73. The summed E-state index contributed by atoms with van der Waals surface area (Å²) in [6.07, 6.45) is -2.39. The van der Waals surface area contributed by atoms with E-state index in [-0.39, 0.29) is 46.0 Å². The summed E-state index contributed by atoms with van der Waals surface area (Å²) in [5.74, 6) is -5.64. The van der Waals surface area contributed by atoms with Crippen LogP contribution in [0.15, 0.2) is 43.4 Å². The summed E-state index contributed by atoms with van der Waals surface area (Å²) in [5, 5.41) is 4.09. The average Bonchev–Trinajstić information content (AvgIpc) is 3.27. The summed E-state index contributed by atoms with van der Waals surface area (Å²) in [7, 11) is 0. The zero-order chi connectivity index (χ0) is 27.1. The molecule has 0 spiro atoms. The van der Waals surface area contributed by atoms with Crippen LogP contribution in [0.5, 0.6) is 0 Å². The van der Waals surface area contributed by atoms with Crippen molar-refractivity contribution in [3.8, 4) is 17.1 Å². The monoisotopic (exact) mass is 532 g/mol. The highest BCUT2D eigenvalue weighted by Crippen LogP contribution is 2.53. The molecular weight excluding hydrogens is 514 g/mol. The van der Waals surface area contributed by atoms with Gasteiger partial charge in [-0.1, -0.05) is 30.3 Å². The molecule has 0 fully saturated rings. The van der Waals surface area contributed by atoms with Gasteiger partial charge in [-0.25, -0.2) is 23.8 Å². The van der Waals surface area contributed by atoms with Gasteiger partial charge in [-0.2, -0.15) is 27.1 Å². The molecule has 0 saturated carbocycles. The Hall–Kier alpha value is -3.41. The van der Waals surface area contributed by atoms with Crippen molar-refractivity contribution in [2.24, 2.45) is 0 Å². The van der Waals surface area contributed by atoms with Crippen molar-refractivity contribution < 1.29 is 35.9 Å². The molecule has 0 radical (unpaired) electrons. The van der Waals surface area contributed by atoms with E-state index in [1.807, 2.05) is 0 Å². The summed E-state index contributed by atoms with van der Waals surface area (Å²) < 4.78 is 90.1. The second kappa shape index (κ2) is 9.57. The molecule has 13 heteroatoms. The third-order valence-corrected chi connectivity index (χ3v) is 5.55. The fourth-order valence-electron chi connectivity index (χ4n) is 3.61. The van der Waals surface area contributed by atoms with Crippen molar-refractivity contribution in [2.45, 2.75) is 38.5 Å². The minimum absolute atomic E-state index is 0.0371. The summed E-state index contributed by atoms with van der Waals surface area (Å²) in [5.41, 5.74) is -5.85. The first-order valence-corrected chi connectivity index (χ1v) is 10.7. The molecule has 0 aliphatic rings. The van der Waals surface area contributed by atoms with Gasteiger partial charge in [0.15, 0.2) is 11.5 Å². The number of hydrogen-bond donors (Lipinski definition) is 0. The molecule has 1 atom stereocenters. The third-order valence-electron chi connectivity index (χ3n) is 5.28. The topological polar surface area (TPSA) is 69.9 Å². The van der Waals surface area contributed by atoms with Crippen molar-refractivity contribution in [1.29, 1.82) is 0 Å². The molecule has 3 rings (SSSR count). The van der Waals surface area contributed by atoms with Gasteiger partial charge < -0.3 is 4.74 Å². The molecule has 2 heterocycles. The summed E-state index contributed by atoms with van der Waals surface area (Å²) >= 11 is 5.97. The molecule has 1 aromatic carbocycles. The number of halogens is 7. The zero-order valence-electron chi connectivity index (χ0n) is 19.1. The Bertz CT molecular complexity index is 1300. The molecule has 2 aromatic heterocycles. The first kappa shape index (κ1) is 27.2. The SMILES string of the molecule is C=CC(F)(F)C(F)(c1cc(C)c(-n2cc(-c3ncc(Cl)c(C(=O)OCC)n3)cn2)c(C)c1)C(F)(F)F. The van der Waals surface area contributed by atoms with Gasteiger partial charge in [-0.05, 0) is 38.0 Å². The van der Waals surface area contributed by atoms with Crippen molar-refractivity contribution >= 4 is 17.6 Å². The van der Waals surface area contributed by atoms with E-state index in [1.54, 1.807) is 6.92 Å². The number of allylic oxidation sites excluding steroid dienone is 1. The van der Waals surface area contributed by atoms with Crippen LogP contribution >= 0.6 is 11.6 Å². The fourth-order valence-corrected chi connectivity index (χ4v) is 3.78. The Morgan fingerprint density at radius 1 is 1.14 bits per heavy atom. The van der Waals surface area contributed by atoms with Crippen LogP contribution in [0.4, 0.5) is 26.3 Å². The average molecular weight is 533 g/mol. The maximum Gasteiger partial charge on any atom is 0.433 e. The quantitative estimate of drug-likeness (QED) is 0.202. The van der Waals surface area contributed by atoms with Gasteiger partial charge in [-0.15, -0.1) is 0 Å². The molecule has 6 nitrogen and oxygen atoms in total. The molecule has 1 unspecified atom stereocenters. The first-order chi connectivity index (χ1) is 16.7. The predicted octanol–water partition coefficient (Wildman–Crippen LogP) is 6.32. The Balaban J connectivity index is 2.08. The molecule has 0 amide bonds. The minimum atomic E-state index is -5.92. The zero-order valence-corrected chi connectivity index (χ0v) is 19.9. The van der Waals surface area contributed by atoms with Gasteiger partial charge in [0.2, 0.25) is 0 Å². The summed E-state index contributed by atoms with van der Waals surface area (Å²) in [6, 6.07) is 1.37. The highest BCUT2D eigenvalue weighted by Gasteiger charge is 2.71. The van der Waals surface area contributed by atoms with Gasteiger partial charge in [0.05, 0.1) is 35.3 Å². The molecule has 3 aromatic rings. The number of alkyl halides is 6. The maximum absolute atomic E-state index is 15.1. The van der Waals surface area contributed by atoms with E-state index in [0.29, 0.717) is 17.7 Å². The molecular formula is C23H19ClF6N4O2. The first-order valence-electron chi connectivity index (χ1n) is 10.3. The van der Waals surface area contributed by atoms with E-state index in [0.717, 1.165) is 0 Å². The Morgan fingerprint density at radius 3 is 2.28 bits per heavy atom. The number of nitrogens with zero attached hydrogens (tertiary/aromatic N) is 4. The second-order valence-corrected chi connectivity index (χ2v) is 8.13. The van der Waals surface area contributed by atoms with Crippen LogP contribution in [0.3, 0.4) is 0 Å². The maximum atomic E-state index is 15.1. The van der Waals surface area contributed by atoms with Crippen molar-refractivity contribution in [3.63, 3.8) is 0 Å². The Morgan fingerprint density at radius 2 is 1.75 bits per heavy atom. The van der Waals surface area contributed by atoms with Gasteiger partial charge in [0, 0.05) is 11.8 Å². The lowest BCUT2D eigenvalue weighted by molar-refractivity contribution is -0.296. The number of aryl methyl sites for hydroxylation is 2. The molecule has 0 saturated heterocycles. The minimum Gasteiger partial charge on any atom is -0.461 e. The van der Waals surface area contributed by atoms with E-state index in [9.17, 15) is 26.7 Å². The number of hydrogen-bond acceptors (Lipinski definition) is 5. The predicted molar refractivity (Wildman–Crippen MR) is 119 cm³/mol. The number of ether oxygens (including phenoxy) is 1. The van der Waals surface area contributed by atoms with Gasteiger partial charge in [-0.3, -0.25) is 0 Å². The third kappa shape index (κ3) is 4.57. The Labute approximate surface area is 206 Å². The number of esters is 1. The number of aromatic nitrogens is 4. The van der Waals surface area contributed by atoms with Gasteiger partial charge >= 0.3 is 18.1 Å². The number of carbonyl (C=O) groups excluding carboxylic acids is 1. The highest BCUT2D eigenvalue weighted by atomic mass is 35.5. The van der Waals surface area contributed by atoms with E-state index in [4.69, 9.17) is 16.3 Å². The molecule has 36 heavy (non-hydrogen) atoms. The van der Waals surface area contributed by atoms with Crippen LogP contribution in [-0.4, -0.2) is 44.4 Å². The normalized spacial score (nSPS) is 13.8. The van der Waals surface area contributed by atoms with E-state index < -0.39 is 29.3 Å². The van der Waals surface area contributed by atoms with Crippen molar-refractivity contribution in [3.05, 3.63) is 70.8 Å². The number of rotatable bonds is 7. The van der Waals surface area contributed by atoms with E-state index in [1.165, 1.54) is 37.1 Å². The lowest BCUT2D eigenvalue weighted by Gasteiger charge is -2.34. The van der Waals surface area contributed by atoms with Crippen LogP contribution < -0.4 is 0 Å². The molecule has 0 N–H and O–H groups in total. The number of benzene rings is 1. The van der Waals surface area contributed by atoms with Crippen LogP contribution in [0.2, 0.25) is 5.02 Å². The molecule has 192 valence electrons. The fraction of sp³-hybridized carbons (Fsp3) is 0.304. The van der Waals surface area contributed by atoms with Crippen LogP contribution in [-0.2, 0) is 10.4 Å². The van der Waals surface area contributed by atoms with Crippen molar-refractivity contribution in [2.75, 3.05) is 6.61 Å². The van der Waals surface area contributed by atoms with Crippen molar-refractivity contribution in [1.82, 2.24) is 19.7 Å². The molecule has 0 bridgehead atoms. The largest absolute Gasteiger partial charge is 0.461 e. The Kier molecular flexibility index (Phi) is 7.22. The highest BCUT2D eigenvalue weighted by molar-refractivity contribution is 6.33. The van der Waals surface area contributed by atoms with Crippen LogP contribution in [0, 0.1) is 13.8 Å². The van der Waals surface area contributed by atoms with Gasteiger partial charge in [0.25, 0.3) is 5.67 Å². The van der Waals surface area contributed by atoms with E-state index >= 15 is 4.39 Å². The molecule has 0 aliphatic heterocycles. The number of carbonyl (C=O) groups is 1. The lowest BCUT2D eigenvalue weighted by Crippen LogP contribution is -2.51. The van der Waals surface area contributed by atoms with E-state index in [2.05, 4.69) is 21.6 Å². The summed E-state index contributed by atoms with van der Waals surface area (Å²) in [6.45, 7) is 7.01. The summed E-state index contributed by atoms with van der Waals surface area (Å²) in [4.78, 5) is 20.2. The molecule has 0 aliphatic carbocycles. The van der Waals surface area contributed by atoms with Crippen LogP contribution in [0.1, 0.15) is 34.1 Å². The smallest absolute Gasteiger partial charge is 0.433 e. The standard InChI is InChI=1S/C23H19ClF6N4O2/c1-5-21(25,26)22(27,23(28,29)30)15-7-12(3)18(13(4)8-15)34-11-14(9-32-34)19-31-10-16(24)17(33-19)20(35)36-6-2/h5,7-11H,1,6H2,2-4H3.